The molecule has 0 aromatic heterocycles. The third-order valence-electron chi connectivity index (χ3n) is 20.7. The van der Waals surface area contributed by atoms with Gasteiger partial charge < -0.3 is 57.4 Å². The van der Waals surface area contributed by atoms with Crippen molar-refractivity contribution >= 4 is 73.0 Å². The van der Waals surface area contributed by atoms with Gasteiger partial charge in [0.1, 0.15) is 24.2 Å². The highest BCUT2D eigenvalue weighted by atomic mass is 32.2. The van der Waals surface area contributed by atoms with E-state index in [1.54, 1.807) is 62.3 Å². The summed E-state index contributed by atoms with van der Waals surface area (Å²) in [4.78, 5) is 125. The maximum atomic E-state index is 14.3. The minimum atomic E-state index is -3.57. The number of terminal acetylenes is 2. The SMILES string of the molecule is C#CCCC(NC(=O)[C@@H]1[C@@H]2[C@H](CN1C(=O)[C@@H](NC(=O)N[C@H]1CCCC[C@H]1S(=O)(=O)C(C)(C)C)C(C)(C)C)C2(C)C)C(=O)C(=O)NCC=C.C#CCCC(NC(=O)[C@@H]1[C@@H]2[C@H](CN1C(=O)[C@@H](NC(=O)N[C@H]1CCCC[C@H]1S(=O)(=O)C(C)(C)C)C(C)(C)C)C2(C)C)C(O)C(=O)NCC=C. The standard InChI is InChI=1S/C35H57N5O7S.C35H55N5O7S/c2*1-11-13-16-23(27(41)30(43)36-19-12-2)37-29(42)26-25-21(35(25,9)10)20-40(26)31(44)28(33(3,4)5)39-32(45)38-22-17-14-15-18-24(22)48(46,47)34(6,7)8/h1,12,21-28,41H,2,13-20H2,3-10H3,(H,36,43)(H,37,42)(H2,38,39,45);1,12,21-26,28H,2,13-20H2,3-10H3,(H,36,43)(H,37,42)(H2,38,39,45)/t21-,22-,23?,24+,25-,26-,27?,28+;21-,22-,23?,24+,25-,26-,28+/m00/s1. The highest BCUT2D eigenvalue weighted by Crippen LogP contribution is 2.66. The summed E-state index contributed by atoms with van der Waals surface area (Å²) in [5.74, 6) is 0.249. The summed E-state index contributed by atoms with van der Waals surface area (Å²) < 4.78 is 51.6. The molecule has 10 amide bonds. The molecule has 6 rings (SSSR count). The normalized spacial score (nSPS) is 26.5. The second-order valence-electron chi connectivity index (χ2n) is 32.3. The number of urea groups is 2. The highest BCUT2D eigenvalue weighted by molar-refractivity contribution is 7.93. The van der Waals surface area contributed by atoms with E-state index >= 15 is 0 Å². The smallest absolute Gasteiger partial charge is 0.315 e. The van der Waals surface area contributed by atoms with Crippen molar-refractivity contribution in [3.63, 3.8) is 0 Å². The maximum Gasteiger partial charge on any atom is 0.315 e. The Morgan fingerprint density at radius 1 is 0.573 bits per heavy atom. The highest BCUT2D eigenvalue weighted by Gasteiger charge is 2.71. The second-order valence-corrected chi connectivity index (χ2v) is 38.1. The fourth-order valence-corrected chi connectivity index (χ4v) is 18.6. The number of ketones is 1. The van der Waals surface area contributed by atoms with Crippen LogP contribution in [0.5, 0.6) is 0 Å². The number of carbonyl (C=O) groups is 9. The number of sulfone groups is 2. The molecule has 0 radical (unpaired) electrons. The van der Waals surface area contributed by atoms with Gasteiger partial charge in [-0.15, -0.1) is 37.8 Å². The maximum absolute atomic E-state index is 14.3. The van der Waals surface area contributed by atoms with Crippen molar-refractivity contribution < 1.29 is 65.1 Å². The monoisotopic (exact) mass is 1380 g/mol. The number of hydrogen-bond donors (Lipinski definition) is 9. The van der Waals surface area contributed by atoms with Crippen LogP contribution < -0.4 is 42.5 Å². The van der Waals surface area contributed by atoms with Crippen molar-refractivity contribution in [2.75, 3.05) is 26.2 Å². The number of amides is 10. The van der Waals surface area contributed by atoms with Crippen LogP contribution in [0.2, 0.25) is 0 Å². The van der Waals surface area contributed by atoms with Gasteiger partial charge in [-0.2, -0.15) is 0 Å². The first-order valence-electron chi connectivity index (χ1n) is 33.9. The lowest BCUT2D eigenvalue weighted by atomic mass is 9.85. The van der Waals surface area contributed by atoms with Gasteiger partial charge in [-0.3, -0.25) is 33.6 Å². The number of rotatable bonds is 24. The molecule has 0 bridgehead atoms. The van der Waals surface area contributed by atoms with E-state index in [9.17, 15) is 65.1 Å². The van der Waals surface area contributed by atoms with Crippen LogP contribution in [0.1, 0.15) is 188 Å². The molecular weight excluding hydrogens is 1270 g/mol. The van der Waals surface area contributed by atoms with Gasteiger partial charge >= 0.3 is 12.1 Å². The van der Waals surface area contributed by atoms with Crippen molar-refractivity contribution in [2.24, 2.45) is 45.3 Å². The number of likely N-dealkylation sites (tertiary alicyclic amines) is 2. The van der Waals surface area contributed by atoms with Crippen LogP contribution in [-0.4, -0.2) is 186 Å². The summed E-state index contributed by atoms with van der Waals surface area (Å²) in [6.45, 7) is 36.8. The van der Waals surface area contributed by atoms with Crippen LogP contribution in [-0.2, 0) is 53.2 Å². The number of piperidine rings is 2. The lowest BCUT2D eigenvalue weighted by molar-refractivity contribution is -0.145. The van der Waals surface area contributed by atoms with Gasteiger partial charge in [0.15, 0.2) is 25.8 Å². The Balaban J connectivity index is 0.000000347. The Hall–Kier alpha value is -6.51. The molecule has 0 spiro atoms. The van der Waals surface area contributed by atoms with Crippen LogP contribution in [0.3, 0.4) is 0 Å². The first-order chi connectivity index (χ1) is 44.2. The van der Waals surface area contributed by atoms with Crippen LogP contribution >= 0.6 is 0 Å². The molecule has 96 heavy (non-hydrogen) atoms. The van der Waals surface area contributed by atoms with E-state index in [-0.39, 0.29) is 79.8 Å². The zero-order chi connectivity index (χ0) is 72.8. The molecule has 0 aromatic rings. The summed E-state index contributed by atoms with van der Waals surface area (Å²) in [5, 5.41) is 31.2. The lowest BCUT2D eigenvalue weighted by Gasteiger charge is -2.39. The molecule has 538 valence electrons. The Morgan fingerprint density at radius 2 is 0.948 bits per heavy atom. The summed E-state index contributed by atoms with van der Waals surface area (Å²) in [7, 11) is -7.13. The third kappa shape index (κ3) is 18.2. The minimum Gasteiger partial charge on any atom is -0.381 e. The average Bonchev–Trinajstić information content (AvgIpc) is 1.55. The Labute approximate surface area is 571 Å². The van der Waals surface area contributed by atoms with Crippen LogP contribution in [0.4, 0.5) is 9.59 Å². The Kier molecular flexibility index (Phi) is 26.0. The van der Waals surface area contributed by atoms with Gasteiger partial charge in [0.2, 0.25) is 29.4 Å². The zero-order valence-corrected chi connectivity index (χ0v) is 61.3. The van der Waals surface area contributed by atoms with Gasteiger partial charge in [0.25, 0.3) is 11.8 Å². The van der Waals surface area contributed by atoms with E-state index in [0.717, 1.165) is 25.7 Å². The molecule has 2 aliphatic heterocycles. The number of fused-ring (bicyclic) bond motifs is 2. The summed E-state index contributed by atoms with van der Waals surface area (Å²) in [5.41, 5.74) is -2.01. The van der Waals surface area contributed by atoms with E-state index in [1.165, 1.54) is 22.0 Å². The quantitative estimate of drug-likeness (QED) is 0.0358. The van der Waals surface area contributed by atoms with Gasteiger partial charge in [-0.1, -0.05) is 107 Å². The van der Waals surface area contributed by atoms with E-state index in [4.69, 9.17) is 12.8 Å². The van der Waals surface area contributed by atoms with Crippen LogP contribution in [0, 0.1) is 70.0 Å². The van der Waals surface area contributed by atoms with E-state index < -0.39 is 158 Å². The first kappa shape index (κ1) is 80.2. The predicted molar refractivity (Wildman–Crippen MR) is 369 cm³/mol. The number of nitrogens with one attached hydrogen (secondary N) is 8. The van der Waals surface area contributed by atoms with E-state index in [1.807, 2.05) is 48.5 Å². The number of carbonyl (C=O) groups excluding carboxylic acids is 9. The summed E-state index contributed by atoms with van der Waals surface area (Å²) in [6, 6.07) is -8.63. The predicted octanol–water partition coefficient (Wildman–Crippen LogP) is 4.75. The fourth-order valence-electron chi connectivity index (χ4n) is 14.6. The molecule has 15 atom stereocenters. The van der Waals surface area contributed by atoms with Crippen molar-refractivity contribution in [1.82, 2.24) is 52.3 Å². The molecule has 9 N–H and O–H groups in total. The molecule has 26 heteroatoms. The third-order valence-corrected chi connectivity index (χ3v) is 26.8. The molecule has 6 fully saturated rings. The van der Waals surface area contributed by atoms with Crippen molar-refractivity contribution in [3.05, 3.63) is 25.3 Å². The fraction of sp³-hybridized carbons (Fsp3) is 0.757. The van der Waals surface area contributed by atoms with Gasteiger partial charge in [0.05, 0.1) is 32.1 Å². The van der Waals surface area contributed by atoms with Crippen LogP contribution in [0.25, 0.3) is 0 Å². The number of Topliss-reactive ketones (excluding diaryl/α,β-unsaturated/α-hetero) is 1. The van der Waals surface area contributed by atoms with Gasteiger partial charge in [-0.25, -0.2) is 26.4 Å². The molecule has 6 aliphatic rings. The van der Waals surface area contributed by atoms with Crippen molar-refractivity contribution in [1.29, 1.82) is 0 Å². The Bertz CT molecular complexity index is 3250. The minimum absolute atomic E-state index is 0.0213. The topological polar surface area (TPSA) is 345 Å². The average molecular weight is 1380 g/mol. The molecule has 4 aliphatic carbocycles. The van der Waals surface area contributed by atoms with E-state index in [2.05, 4.69) is 67.5 Å². The summed E-state index contributed by atoms with van der Waals surface area (Å²) in [6.07, 6.45) is 17.7. The molecule has 24 nitrogen and oxygen atoms in total. The molecule has 3 unspecified atom stereocenters. The Morgan fingerprint density at radius 3 is 1.32 bits per heavy atom. The van der Waals surface area contributed by atoms with Crippen LogP contribution in [0.15, 0.2) is 25.3 Å². The number of aliphatic hydroxyl groups is 1. The molecule has 2 saturated heterocycles. The van der Waals surface area contributed by atoms with Gasteiger partial charge in [-0.05, 0) is 125 Å². The largest absolute Gasteiger partial charge is 0.381 e. The number of aliphatic hydroxyl groups excluding tert-OH is 1. The molecule has 4 saturated carbocycles. The van der Waals surface area contributed by atoms with Crippen molar-refractivity contribution in [2.45, 2.75) is 262 Å². The van der Waals surface area contributed by atoms with E-state index in [0.29, 0.717) is 32.2 Å². The van der Waals surface area contributed by atoms with Crippen molar-refractivity contribution in [3.8, 4) is 24.7 Å². The molecular formula is C70H112N10O14S2. The molecule has 2 heterocycles. The number of hydrogen-bond acceptors (Lipinski definition) is 14. The lowest BCUT2D eigenvalue weighted by Crippen LogP contribution is -2.63. The first-order valence-corrected chi connectivity index (χ1v) is 37.0. The summed E-state index contributed by atoms with van der Waals surface area (Å²) >= 11 is 0. The zero-order valence-electron chi connectivity index (χ0n) is 59.7. The number of nitrogens with zero attached hydrogens (tertiary/aromatic N) is 2. The molecule has 0 aromatic carbocycles. The van der Waals surface area contributed by atoms with Gasteiger partial charge in [0, 0.05) is 51.1 Å². The second kappa shape index (κ2) is 31.1.